The summed E-state index contributed by atoms with van der Waals surface area (Å²) < 4.78 is 4.98. The topological polar surface area (TPSA) is 29.5 Å². The van der Waals surface area contributed by atoms with Gasteiger partial charge in [-0.25, -0.2) is 0 Å². The molecule has 0 unspecified atom stereocenters. The van der Waals surface area contributed by atoms with Crippen molar-refractivity contribution >= 4 is 30.1 Å². The fourth-order valence-corrected chi connectivity index (χ4v) is 1.88. The third kappa shape index (κ3) is 4.05. The largest absolute Gasteiger partial charge is 0.383 e. The molecule has 1 aromatic carbocycles. The molecule has 1 amide bonds. The maximum Gasteiger partial charge on any atom is 0.255 e. The highest BCUT2D eigenvalue weighted by atomic mass is 35.5. The van der Waals surface area contributed by atoms with Gasteiger partial charge < -0.3 is 9.64 Å². The number of hydrogen-bond donors (Lipinski definition) is 1. The molecule has 0 saturated heterocycles. The normalized spacial score (nSPS) is 10.2. The highest BCUT2D eigenvalue weighted by Crippen LogP contribution is 2.21. The van der Waals surface area contributed by atoms with Gasteiger partial charge in [0, 0.05) is 25.1 Å². The van der Waals surface area contributed by atoms with E-state index in [1.807, 2.05) is 0 Å². The Morgan fingerprint density at radius 2 is 2.33 bits per heavy atom. The summed E-state index contributed by atoms with van der Waals surface area (Å²) in [5, 5.41) is 0.421. The Bertz CT molecular complexity index is 437. The predicted molar refractivity (Wildman–Crippen MR) is 76.7 cm³/mol. The van der Waals surface area contributed by atoms with Crippen molar-refractivity contribution in [1.82, 2.24) is 4.90 Å². The summed E-state index contributed by atoms with van der Waals surface area (Å²) in [5.41, 5.74) is 0.446. The van der Waals surface area contributed by atoms with Crippen molar-refractivity contribution in [1.29, 1.82) is 0 Å². The van der Waals surface area contributed by atoms with Crippen LogP contribution in [0.3, 0.4) is 0 Å². The predicted octanol–water partition coefficient (Wildman–Crippen LogP) is 2.90. The molecule has 5 heteroatoms. The maximum absolute atomic E-state index is 12.3. The molecule has 0 aliphatic rings. The van der Waals surface area contributed by atoms with Crippen molar-refractivity contribution in [2.45, 2.75) is 4.90 Å². The molecule has 18 heavy (non-hydrogen) atoms. The second-order valence-corrected chi connectivity index (χ2v) is 4.62. The molecule has 1 aromatic rings. The van der Waals surface area contributed by atoms with Gasteiger partial charge >= 0.3 is 0 Å². The minimum atomic E-state index is -0.146. The summed E-state index contributed by atoms with van der Waals surface area (Å²) in [6, 6.07) is 5.07. The lowest BCUT2D eigenvalue weighted by Gasteiger charge is -2.21. The molecule has 0 radical (unpaired) electrons. The number of thiol groups is 1. The van der Waals surface area contributed by atoms with Gasteiger partial charge in [0.15, 0.2) is 0 Å². The van der Waals surface area contributed by atoms with E-state index in [1.54, 1.807) is 36.3 Å². The van der Waals surface area contributed by atoms with Crippen LogP contribution in [0.5, 0.6) is 0 Å². The molecule has 1 rings (SSSR count). The first kappa shape index (κ1) is 15.1. The van der Waals surface area contributed by atoms with Crippen molar-refractivity contribution in [3.63, 3.8) is 0 Å². The Balaban J connectivity index is 2.93. The third-order valence-corrected chi connectivity index (χ3v) is 2.99. The van der Waals surface area contributed by atoms with Gasteiger partial charge in [0.05, 0.1) is 17.2 Å². The van der Waals surface area contributed by atoms with E-state index in [2.05, 4.69) is 19.2 Å². The number of carbonyl (C=O) groups is 1. The molecule has 0 N–H and O–H groups in total. The zero-order valence-corrected chi connectivity index (χ0v) is 11.9. The number of benzene rings is 1. The molecule has 98 valence electrons. The van der Waals surface area contributed by atoms with Gasteiger partial charge in [0.25, 0.3) is 5.91 Å². The Kier molecular flexibility index (Phi) is 6.25. The van der Waals surface area contributed by atoms with Gasteiger partial charge in [-0.3, -0.25) is 4.79 Å². The van der Waals surface area contributed by atoms with Gasteiger partial charge in [0.1, 0.15) is 0 Å². The van der Waals surface area contributed by atoms with Crippen LogP contribution in [-0.2, 0) is 4.74 Å². The number of halogens is 1. The average Bonchev–Trinajstić information content (AvgIpc) is 2.36. The summed E-state index contributed by atoms with van der Waals surface area (Å²) in [5.74, 6) is -0.146. The van der Waals surface area contributed by atoms with E-state index in [-0.39, 0.29) is 5.91 Å². The van der Waals surface area contributed by atoms with Crippen molar-refractivity contribution in [2.75, 3.05) is 26.8 Å². The zero-order valence-electron chi connectivity index (χ0n) is 10.2. The summed E-state index contributed by atoms with van der Waals surface area (Å²) in [4.78, 5) is 14.6. The van der Waals surface area contributed by atoms with Crippen LogP contribution in [0, 0.1) is 0 Å². The van der Waals surface area contributed by atoms with E-state index >= 15 is 0 Å². The molecule has 0 saturated carbocycles. The quantitative estimate of drug-likeness (QED) is 0.643. The number of amides is 1. The fourth-order valence-electron chi connectivity index (χ4n) is 1.48. The Hall–Kier alpha value is -0.970. The lowest BCUT2D eigenvalue weighted by molar-refractivity contribution is 0.0718. The molecule has 0 heterocycles. The minimum absolute atomic E-state index is 0.146. The summed E-state index contributed by atoms with van der Waals surface area (Å²) in [7, 11) is 1.60. The van der Waals surface area contributed by atoms with Crippen LogP contribution in [0.25, 0.3) is 0 Å². The summed E-state index contributed by atoms with van der Waals surface area (Å²) >= 11 is 10.2. The first-order valence-corrected chi connectivity index (χ1v) is 6.30. The standard InChI is InChI=1S/C13H16ClNO2S/c1-3-6-15(7-8-17-2)13(16)11-9-10(18)4-5-12(11)14/h3-5,9,18H,1,6-8H2,2H3. The van der Waals surface area contributed by atoms with Crippen LogP contribution in [0.2, 0.25) is 5.02 Å². The fraction of sp³-hybridized carbons (Fsp3) is 0.308. The van der Waals surface area contributed by atoms with Gasteiger partial charge in [0.2, 0.25) is 0 Å². The molecule has 0 aromatic heterocycles. The van der Waals surface area contributed by atoms with Crippen molar-refractivity contribution in [2.24, 2.45) is 0 Å². The first-order valence-electron chi connectivity index (χ1n) is 5.47. The van der Waals surface area contributed by atoms with Crippen molar-refractivity contribution < 1.29 is 9.53 Å². The van der Waals surface area contributed by atoms with Gasteiger partial charge in [-0.15, -0.1) is 19.2 Å². The smallest absolute Gasteiger partial charge is 0.255 e. The second-order valence-electron chi connectivity index (χ2n) is 3.70. The molecular weight excluding hydrogens is 270 g/mol. The van der Waals surface area contributed by atoms with Gasteiger partial charge in [-0.1, -0.05) is 17.7 Å². The van der Waals surface area contributed by atoms with Crippen LogP contribution in [0.4, 0.5) is 0 Å². The molecule has 0 spiro atoms. The number of ether oxygens (including phenoxy) is 1. The monoisotopic (exact) mass is 285 g/mol. The van der Waals surface area contributed by atoms with Crippen LogP contribution in [0.1, 0.15) is 10.4 Å². The highest BCUT2D eigenvalue weighted by Gasteiger charge is 2.17. The Labute approximate surface area is 118 Å². The number of nitrogens with zero attached hydrogens (tertiary/aromatic N) is 1. The second kappa shape index (κ2) is 7.46. The van der Waals surface area contributed by atoms with E-state index < -0.39 is 0 Å². The zero-order chi connectivity index (χ0) is 13.5. The number of methoxy groups -OCH3 is 1. The minimum Gasteiger partial charge on any atom is -0.383 e. The summed E-state index contributed by atoms with van der Waals surface area (Å²) in [6.07, 6.45) is 1.67. The number of rotatable bonds is 6. The van der Waals surface area contributed by atoms with E-state index in [9.17, 15) is 4.79 Å². The van der Waals surface area contributed by atoms with E-state index in [4.69, 9.17) is 16.3 Å². The molecular formula is C13H16ClNO2S. The van der Waals surface area contributed by atoms with Crippen LogP contribution in [-0.4, -0.2) is 37.6 Å². The molecule has 0 aliphatic heterocycles. The van der Waals surface area contributed by atoms with Crippen LogP contribution < -0.4 is 0 Å². The van der Waals surface area contributed by atoms with E-state index in [0.717, 1.165) is 0 Å². The van der Waals surface area contributed by atoms with Gasteiger partial charge in [-0.05, 0) is 18.2 Å². The highest BCUT2D eigenvalue weighted by molar-refractivity contribution is 7.80. The third-order valence-electron chi connectivity index (χ3n) is 2.38. The van der Waals surface area contributed by atoms with E-state index in [0.29, 0.717) is 35.2 Å². The molecule has 3 nitrogen and oxygen atoms in total. The SMILES string of the molecule is C=CCN(CCOC)C(=O)c1cc(S)ccc1Cl. The Morgan fingerprint density at radius 3 is 2.94 bits per heavy atom. The van der Waals surface area contributed by atoms with Crippen LogP contribution >= 0.6 is 24.2 Å². The Morgan fingerprint density at radius 1 is 1.61 bits per heavy atom. The first-order chi connectivity index (χ1) is 8.60. The number of hydrogen-bond acceptors (Lipinski definition) is 3. The average molecular weight is 286 g/mol. The maximum atomic E-state index is 12.3. The lowest BCUT2D eigenvalue weighted by atomic mass is 10.2. The van der Waals surface area contributed by atoms with Crippen molar-refractivity contribution in [3.05, 3.63) is 41.4 Å². The lowest BCUT2D eigenvalue weighted by Crippen LogP contribution is -2.34. The van der Waals surface area contributed by atoms with Crippen LogP contribution in [0.15, 0.2) is 35.7 Å². The van der Waals surface area contributed by atoms with E-state index in [1.165, 1.54) is 0 Å². The van der Waals surface area contributed by atoms with Gasteiger partial charge in [-0.2, -0.15) is 0 Å². The summed E-state index contributed by atoms with van der Waals surface area (Å²) in [6.45, 7) is 5.06. The molecule has 0 bridgehead atoms. The molecule has 0 fully saturated rings. The number of carbonyl (C=O) groups excluding carboxylic acids is 1. The molecule has 0 atom stereocenters. The van der Waals surface area contributed by atoms with Crippen molar-refractivity contribution in [3.8, 4) is 0 Å². The molecule has 0 aliphatic carbocycles.